The average Bonchev–Trinajstić information content (AvgIpc) is 3.27. The van der Waals surface area contributed by atoms with Gasteiger partial charge in [0, 0.05) is 51.0 Å². The minimum Gasteiger partial charge on any atom is -0.495 e. The molecule has 0 aliphatic carbocycles. The summed E-state index contributed by atoms with van der Waals surface area (Å²) in [6.45, 7) is 6.58. The van der Waals surface area contributed by atoms with Crippen molar-refractivity contribution in [1.29, 1.82) is 0 Å². The third kappa shape index (κ3) is 4.16. The molecule has 3 aliphatic rings. The molecule has 0 N–H and O–H groups in total. The van der Waals surface area contributed by atoms with Crippen molar-refractivity contribution in [1.82, 2.24) is 9.80 Å². The summed E-state index contributed by atoms with van der Waals surface area (Å²) in [5, 5.41) is 0. The zero-order valence-corrected chi connectivity index (χ0v) is 17.9. The fourth-order valence-electron chi connectivity index (χ4n) is 4.33. The lowest BCUT2D eigenvalue weighted by atomic mass is 10.1. The fraction of sp³-hybridized carbons (Fsp3) is 0.320. The Balaban J connectivity index is 1.15. The van der Waals surface area contributed by atoms with Gasteiger partial charge in [0.2, 0.25) is 0 Å². The van der Waals surface area contributed by atoms with Crippen LogP contribution in [0.2, 0.25) is 0 Å². The molecule has 0 spiro atoms. The molecule has 0 aromatic heterocycles. The van der Waals surface area contributed by atoms with Crippen LogP contribution in [0.25, 0.3) is 5.57 Å². The van der Waals surface area contributed by atoms with E-state index in [-0.39, 0.29) is 0 Å². The Bertz CT molecular complexity index is 1010. The summed E-state index contributed by atoms with van der Waals surface area (Å²) >= 11 is 0. The monoisotopic (exact) mass is 416 g/mol. The molecule has 6 nitrogen and oxygen atoms in total. The first-order chi connectivity index (χ1) is 15.3. The van der Waals surface area contributed by atoms with Crippen molar-refractivity contribution in [2.75, 3.05) is 57.9 Å². The highest BCUT2D eigenvalue weighted by Crippen LogP contribution is 2.34. The molecule has 6 heteroatoms. The molecule has 2 aromatic carbocycles. The van der Waals surface area contributed by atoms with Crippen LogP contribution in [0.3, 0.4) is 0 Å². The van der Waals surface area contributed by atoms with E-state index in [2.05, 4.69) is 57.3 Å². The van der Waals surface area contributed by atoms with Crippen LogP contribution in [-0.2, 0) is 4.74 Å². The number of fused-ring (bicyclic) bond motifs is 1. The van der Waals surface area contributed by atoms with Gasteiger partial charge in [-0.1, -0.05) is 42.5 Å². The molecule has 3 heterocycles. The van der Waals surface area contributed by atoms with Gasteiger partial charge >= 0.3 is 0 Å². The Morgan fingerprint density at radius 2 is 1.71 bits per heavy atom. The third-order valence-electron chi connectivity index (χ3n) is 6.10. The molecule has 5 rings (SSSR count). The third-order valence-corrected chi connectivity index (χ3v) is 6.10. The summed E-state index contributed by atoms with van der Waals surface area (Å²) in [4.78, 5) is 11.8. The molecular weight excluding hydrogens is 388 g/mol. The van der Waals surface area contributed by atoms with E-state index in [0.717, 1.165) is 62.0 Å². The second-order valence-corrected chi connectivity index (χ2v) is 7.96. The highest BCUT2D eigenvalue weighted by atomic mass is 16.5. The molecule has 0 atom stereocenters. The van der Waals surface area contributed by atoms with Crippen LogP contribution >= 0.6 is 0 Å². The summed E-state index contributed by atoms with van der Waals surface area (Å²) in [6.07, 6.45) is 4.02. The van der Waals surface area contributed by atoms with Gasteiger partial charge in [-0.2, -0.15) is 0 Å². The van der Waals surface area contributed by atoms with E-state index in [4.69, 9.17) is 14.5 Å². The van der Waals surface area contributed by atoms with Gasteiger partial charge in [0.15, 0.2) is 5.76 Å². The quantitative estimate of drug-likeness (QED) is 0.722. The molecule has 0 unspecified atom stereocenters. The summed E-state index contributed by atoms with van der Waals surface area (Å²) in [5.74, 6) is 1.82. The second-order valence-electron chi connectivity index (χ2n) is 7.96. The number of hydrogen-bond acceptors (Lipinski definition) is 6. The minimum absolute atomic E-state index is 0.585. The van der Waals surface area contributed by atoms with Crippen LogP contribution in [-0.4, -0.2) is 69.1 Å². The SMILES string of the molecule is COc1ccccc1N1CCN(CCN2C=NC3=C(c4ccccc4)COC3=C2)CC1. The highest BCUT2D eigenvalue weighted by molar-refractivity contribution is 5.78. The van der Waals surface area contributed by atoms with E-state index in [1.54, 1.807) is 7.11 Å². The molecule has 1 fully saturated rings. The Labute approximate surface area is 183 Å². The van der Waals surface area contributed by atoms with E-state index >= 15 is 0 Å². The van der Waals surface area contributed by atoms with E-state index in [1.165, 1.54) is 11.3 Å². The average molecular weight is 417 g/mol. The smallest absolute Gasteiger partial charge is 0.162 e. The van der Waals surface area contributed by atoms with Gasteiger partial charge in [-0.15, -0.1) is 0 Å². The number of ether oxygens (including phenoxy) is 2. The van der Waals surface area contributed by atoms with Gasteiger partial charge in [-0.05, 0) is 17.7 Å². The maximum Gasteiger partial charge on any atom is 0.162 e. The lowest BCUT2D eigenvalue weighted by Crippen LogP contribution is -2.48. The summed E-state index contributed by atoms with van der Waals surface area (Å²) in [5.41, 5.74) is 4.49. The lowest BCUT2D eigenvalue weighted by molar-refractivity contribution is 0.239. The Hall–Kier alpha value is -3.25. The summed E-state index contributed by atoms with van der Waals surface area (Å²) in [7, 11) is 1.74. The van der Waals surface area contributed by atoms with E-state index < -0.39 is 0 Å². The van der Waals surface area contributed by atoms with E-state index in [0.29, 0.717) is 6.61 Å². The van der Waals surface area contributed by atoms with Gasteiger partial charge in [0.25, 0.3) is 0 Å². The molecule has 31 heavy (non-hydrogen) atoms. The Morgan fingerprint density at radius 1 is 0.935 bits per heavy atom. The van der Waals surface area contributed by atoms with Gasteiger partial charge in [0.1, 0.15) is 18.1 Å². The minimum atomic E-state index is 0.585. The normalized spacial score (nSPS) is 18.7. The topological polar surface area (TPSA) is 40.5 Å². The van der Waals surface area contributed by atoms with Crippen LogP contribution in [0, 0.1) is 0 Å². The summed E-state index contributed by atoms with van der Waals surface area (Å²) in [6, 6.07) is 18.6. The van der Waals surface area contributed by atoms with Gasteiger partial charge < -0.3 is 19.3 Å². The first kappa shape index (κ1) is 19.7. The Kier molecular flexibility index (Phi) is 5.63. The van der Waals surface area contributed by atoms with Crippen LogP contribution < -0.4 is 9.64 Å². The van der Waals surface area contributed by atoms with Crippen molar-refractivity contribution < 1.29 is 9.47 Å². The lowest BCUT2D eigenvalue weighted by Gasteiger charge is -2.37. The van der Waals surface area contributed by atoms with Gasteiger partial charge in [0.05, 0.1) is 19.1 Å². The van der Waals surface area contributed by atoms with Crippen LogP contribution in [0.15, 0.2) is 77.2 Å². The molecule has 0 saturated carbocycles. The van der Waals surface area contributed by atoms with Crippen molar-refractivity contribution in [3.63, 3.8) is 0 Å². The van der Waals surface area contributed by atoms with Crippen molar-refractivity contribution in [2.24, 2.45) is 4.99 Å². The van der Waals surface area contributed by atoms with Gasteiger partial charge in [-0.3, -0.25) is 4.90 Å². The molecule has 160 valence electrons. The number of anilines is 1. The van der Waals surface area contributed by atoms with Gasteiger partial charge in [-0.25, -0.2) is 4.99 Å². The second kappa shape index (κ2) is 8.86. The van der Waals surface area contributed by atoms with E-state index in [9.17, 15) is 0 Å². The number of methoxy groups -OCH3 is 1. The van der Waals surface area contributed by atoms with Crippen LogP contribution in [0.5, 0.6) is 5.75 Å². The number of benzene rings is 2. The van der Waals surface area contributed by atoms with Crippen molar-refractivity contribution in [3.8, 4) is 5.75 Å². The molecule has 0 amide bonds. The predicted molar refractivity (Wildman–Crippen MR) is 124 cm³/mol. The highest BCUT2D eigenvalue weighted by Gasteiger charge is 2.26. The molecule has 2 aromatic rings. The predicted octanol–water partition coefficient (Wildman–Crippen LogP) is 3.44. The largest absolute Gasteiger partial charge is 0.495 e. The number of aliphatic imine (C=N–C) groups is 1. The standard InChI is InChI=1S/C25H28N4O2/c1-30-23-10-6-5-9-22(23)29-15-13-27(14-16-29)11-12-28-17-24-25(26-19-28)21(18-31-24)20-7-3-2-4-8-20/h2-10,17,19H,11-16,18H2,1H3. The zero-order valence-electron chi connectivity index (χ0n) is 17.9. The van der Waals surface area contributed by atoms with Crippen molar-refractivity contribution in [2.45, 2.75) is 0 Å². The number of nitrogens with zero attached hydrogens (tertiary/aromatic N) is 4. The van der Waals surface area contributed by atoms with Crippen molar-refractivity contribution in [3.05, 3.63) is 77.8 Å². The first-order valence-corrected chi connectivity index (χ1v) is 10.9. The fourth-order valence-corrected chi connectivity index (χ4v) is 4.33. The first-order valence-electron chi connectivity index (χ1n) is 10.9. The van der Waals surface area contributed by atoms with Crippen molar-refractivity contribution >= 4 is 17.6 Å². The van der Waals surface area contributed by atoms with E-state index in [1.807, 2.05) is 24.5 Å². The molecule has 3 aliphatic heterocycles. The Morgan fingerprint density at radius 3 is 2.52 bits per heavy atom. The number of hydrogen-bond donors (Lipinski definition) is 0. The maximum atomic E-state index is 5.93. The number of rotatable bonds is 6. The molecule has 0 radical (unpaired) electrons. The number of piperazine rings is 1. The molecular formula is C25H28N4O2. The molecule has 1 saturated heterocycles. The zero-order chi connectivity index (χ0) is 21.0. The maximum absolute atomic E-state index is 5.93. The van der Waals surface area contributed by atoms with Crippen LogP contribution in [0.4, 0.5) is 5.69 Å². The molecule has 0 bridgehead atoms. The summed E-state index contributed by atoms with van der Waals surface area (Å²) < 4.78 is 11.5. The number of para-hydroxylation sites is 2. The van der Waals surface area contributed by atoms with Crippen LogP contribution in [0.1, 0.15) is 5.56 Å².